The van der Waals surface area contributed by atoms with Gasteiger partial charge in [0.15, 0.2) is 5.65 Å². The largest absolute Gasteiger partial charge is 0.393 e. The highest BCUT2D eigenvalue weighted by Gasteiger charge is 2.65. The summed E-state index contributed by atoms with van der Waals surface area (Å²) < 4.78 is 8.37. The van der Waals surface area contributed by atoms with Crippen molar-refractivity contribution in [2.24, 2.45) is 150 Å². The third-order valence-corrected chi connectivity index (χ3v) is 47.4. The molecule has 30 rings (SSSR count). The molecule has 30 atom stereocenters. The van der Waals surface area contributed by atoms with E-state index in [1.165, 1.54) is 209 Å². The van der Waals surface area contributed by atoms with Crippen LogP contribution in [0.2, 0.25) is 0 Å². The first kappa shape index (κ1) is 97.3. The van der Waals surface area contributed by atoms with Crippen molar-refractivity contribution in [3.8, 4) is 11.3 Å². The zero-order valence-corrected chi connectivity index (χ0v) is 89.9. The van der Waals surface area contributed by atoms with E-state index in [1.54, 1.807) is 44.6 Å². The van der Waals surface area contributed by atoms with Gasteiger partial charge in [0, 0.05) is 65.8 Å². The van der Waals surface area contributed by atoms with Crippen molar-refractivity contribution in [1.82, 2.24) is 48.4 Å². The molecule has 15 unspecified atom stereocenters. The SMILES string of the molecule is C[C@]12CC[C@H](O)CC1=CCC1C2CC[C@]2(C)C(c3cnc4cccccc3-4)=CCC12.C[C@]12CC[C@H](O)CC1=CCC1C2CC[C@]2(C)C(c3cnc4ccccn34)=CCC12.C[C@]12CC[C@H](O)CC1=CCC1C2CC[C@]2(C)C(c3cnn4ccccc34)=CCC12.C[C@]12CC[C@H](O)CC1=CCC1C2CC[C@]2(C)C(c3cnn4cccnc34)=CCC12.Cn1nc2c(c1C1=CCC3C4CC=C5C[C@@H](O)CC[C@]5(C)C4CC[C@]13C)C=CCC2. The molecule has 15 nitrogen and oxygen atoms in total. The second-order valence-electron chi connectivity index (χ2n) is 53.6. The van der Waals surface area contributed by atoms with E-state index in [-0.39, 0.29) is 57.6 Å². The summed E-state index contributed by atoms with van der Waals surface area (Å²) >= 11 is 0. The number of imidazole rings is 1. The fourth-order valence-corrected chi connectivity index (χ4v) is 39.3. The van der Waals surface area contributed by atoms with E-state index in [0.717, 1.165) is 190 Å². The molecule has 0 amide bonds. The molecule has 10 saturated carbocycles. The molecule has 15 heteroatoms. The van der Waals surface area contributed by atoms with Crippen LogP contribution in [0.15, 0.2) is 217 Å². The molecule has 772 valence electrons. The second-order valence-corrected chi connectivity index (χ2v) is 53.6. The van der Waals surface area contributed by atoms with Crippen LogP contribution in [0.4, 0.5) is 0 Å². The van der Waals surface area contributed by atoms with E-state index < -0.39 is 0 Å². The van der Waals surface area contributed by atoms with Crippen molar-refractivity contribution in [3.05, 3.63) is 256 Å². The molecule has 0 spiro atoms. The van der Waals surface area contributed by atoms with Crippen molar-refractivity contribution in [3.63, 3.8) is 0 Å². The topological polar surface area (TPSA) is 197 Å². The third-order valence-electron chi connectivity index (χ3n) is 47.4. The van der Waals surface area contributed by atoms with Crippen LogP contribution < -0.4 is 0 Å². The lowest BCUT2D eigenvalue weighted by Crippen LogP contribution is -2.49. The Bertz CT molecular complexity index is 6610. The Morgan fingerprint density at radius 3 is 1.19 bits per heavy atom. The van der Waals surface area contributed by atoms with Gasteiger partial charge < -0.3 is 29.9 Å². The molecule has 0 bridgehead atoms. The van der Waals surface area contributed by atoms with Crippen molar-refractivity contribution in [1.29, 1.82) is 0 Å². The summed E-state index contributed by atoms with van der Waals surface area (Å²) in [5.41, 5.74) is 33.3. The van der Waals surface area contributed by atoms with Gasteiger partial charge in [-0.05, 0) is 445 Å². The Morgan fingerprint density at radius 1 is 0.320 bits per heavy atom. The van der Waals surface area contributed by atoms with Gasteiger partial charge in [-0.1, -0.05) is 206 Å². The predicted octanol–water partition coefficient (Wildman–Crippen LogP) is 28.5. The lowest BCUT2D eigenvalue weighted by atomic mass is 9.47. The number of hydrogen-bond acceptors (Lipinski definition) is 11. The van der Waals surface area contributed by atoms with Gasteiger partial charge >= 0.3 is 0 Å². The minimum absolute atomic E-state index is 0.112. The maximum absolute atomic E-state index is 10.3. The number of fused-ring (bicyclic) bond motifs is 30. The number of rotatable bonds is 5. The molecule has 0 radical (unpaired) electrons. The number of aliphatic hydroxyl groups is 5. The molecular formula is C132H164N10O5. The first-order chi connectivity index (χ1) is 70.9. The fraction of sp³-hybridized carbons (Fsp3) is 0.591. The summed E-state index contributed by atoms with van der Waals surface area (Å²) in [6.45, 7) is 25.2. The van der Waals surface area contributed by atoms with Gasteiger partial charge in [0.25, 0.3) is 0 Å². The fourth-order valence-electron chi connectivity index (χ4n) is 39.3. The molecule has 1 aliphatic heterocycles. The minimum atomic E-state index is -0.123. The van der Waals surface area contributed by atoms with Gasteiger partial charge in [-0.15, -0.1) is 0 Å². The molecule has 147 heavy (non-hydrogen) atoms. The number of pyridine rings is 2. The molecule has 0 saturated heterocycles. The molecule has 8 heterocycles. The van der Waals surface area contributed by atoms with Crippen LogP contribution in [0.5, 0.6) is 0 Å². The summed E-state index contributed by atoms with van der Waals surface area (Å²) in [7, 11) is 2.15. The number of aliphatic hydroxyl groups excluding tert-OH is 5. The van der Waals surface area contributed by atoms with Gasteiger partial charge in [0.2, 0.25) is 0 Å². The highest BCUT2D eigenvalue weighted by Crippen LogP contribution is 2.74. The van der Waals surface area contributed by atoms with Crippen molar-refractivity contribution >= 4 is 50.8 Å². The smallest absolute Gasteiger partial charge is 0.162 e. The van der Waals surface area contributed by atoms with Gasteiger partial charge in [-0.3, -0.25) is 9.67 Å². The Morgan fingerprint density at radius 2 is 0.707 bits per heavy atom. The van der Waals surface area contributed by atoms with Gasteiger partial charge in [-0.2, -0.15) is 15.3 Å². The standard InChI is InChI=1S/C28H33NO.C27H36N2O.2C26H32N2O.C25H31N3O/c1-27-14-12-19(30)16-18(27)8-9-21-23-10-11-24(28(23,2)15-13-25(21)27)22-17-29-26-7-5-3-4-6-20(22)26;1-26-14-12-18(30)16-17(26)8-9-19-21-10-11-23(27(21,2)15-13-22(19)26)25-20-6-4-5-7-24(20)28-29(25)3;1-25-12-10-18(29)15-17(25)6-7-19-21-8-9-22(26(21,2)13-11-23(19)25)20-16-27-28-14-4-3-5-24(20)28;1-25-12-10-18(29)15-17(25)6-7-19-20-8-9-22(26(20,2)13-11-21(19)25)23-16-27-24-5-3-4-14-28(23)24;1-24-10-8-17(29)14-16(24)4-5-18-20-6-7-21(25(20,2)11-9-22(18)24)19-15-27-28-13-3-12-26-23(19)28/h3-8,11,17,19,21,23,25,30H,9-10,12-16H2,1-2H3;4,6,8,11,18-19,21-22,30H,5,7,9-10,12-16H2,1-3H3;3-6,9,14,16,18-19,21,23,29H,7-8,10-13,15H2,1-2H3;3-6,9,14,16,18-21,29H,7-8,10-13,15H2,1-2H3;3-4,7,12-13,15,17-18,20,22,29H,5-6,8-11,14H2,1-2H3/t19-,21?,23?,25?,27-,28-;18-,19?,21?,22?,26-,27-;18-,19?,21?,23?,25-,26-;18-,19?,20?,21?,25-,26-;17-,18?,20?,22?,24-,25-/m00000/s1. The van der Waals surface area contributed by atoms with Crippen LogP contribution in [-0.2, 0) is 13.5 Å². The number of hydrogen-bond donors (Lipinski definition) is 5. The van der Waals surface area contributed by atoms with Crippen LogP contribution in [-0.4, -0.2) is 104 Å². The van der Waals surface area contributed by atoms with Crippen LogP contribution in [0.3, 0.4) is 0 Å². The van der Waals surface area contributed by atoms with E-state index >= 15 is 0 Å². The Hall–Kier alpha value is -9.22. The van der Waals surface area contributed by atoms with Gasteiger partial charge in [0.1, 0.15) is 5.65 Å². The Kier molecular flexibility index (Phi) is 24.0. The average molecular weight is 1970 g/mol. The van der Waals surface area contributed by atoms with Crippen molar-refractivity contribution in [2.75, 3.05) is 0 Å². The zero-order chi connectivity index (χ0) is 101. The Balaban J connectivity index is 0.0000000932. The molecule has 0 aromatic carbocycles. The summed E-state index contributed by atoms with van der Waals surface area (Å²) in [4.78, 5) is 14.1. The highest BCUT2D eigenvalue weighted by atomic mass is 16.3. The summed E-state index contributed by atoms with van der Waals surface area (Å²) in [6, 6.07) is 25.3. The maximum atomic E-state index is 10.3. The average Bonchev–Trinajstić information content (AvgIpc) is 1.66. The number of allylic oxidation sites excluding steroid dienone is 16. The number of aryl methyl sites for hydroxylation is 2. The zero-order valence-electron chi connectivity index (χ0n) is 89.9. The van der Waals surface area contributed by atoms with Crippen molar-refractivity contribution < 1.29 is 25.5 Å². The molecule has 7 aromatic heterocycles. The number of aromatic nitrogens is 10. The third kappa shape index (κ3) is 15.2. The lowest BCUT2D eigenvalue weighted by molar-refractivity contribution is -0.0239. The normalized spacial score (nSPS) is 41.3. The quantitative estimate of drug-likeness (QED) is 0.103. The van der Waals surface area contributed by atoms with Gasteiger partial charge in [0.05, 0.1) is 77.4 Å². The molecule has 7 aromatic rings. The first-order valence-corrected chi connectivity index (χ1v) is 58.6. The van der Waals surface area contributed by atoms with E-state index in [2.05, 4.69) is 276 Å². The maximum Gasteiger partial charge on any atom is 0.162 e. The predicted molar refractivity (Wildman–Crippen MR) is 590 cm³/mol. The van der Waals surface area contributed by atoms with E-state index in [9.17, 15) is 25.5 Å². The first-order valence-electron chi connectivity index (χ1n) is 58.6. The molecule has 22 aliphatic carbocycles. The van der Waals surface area contributed by atoms with E-state index in [0.29, 0.717) is 33.0 Å². The lowest BCUT2D eigenvalue weighted by Gasteiger charge is -2.57. The van der Waals surface area contributed by atoms with Crippen LogP contribution in [0.25, 0.3) is 62.0 Å². The van der Waals surface area contributed by atoms with Crippen LogP contribution in [0, 0.1) is 143 Å². The van der Waals surface area contributed by atoms with E-state index in [1.807, 2.05) is 33.7 Å². The molecular weight excluding hydrogens is 1810 g/mol. The minimum Gasteiger partial charge on any atom is -0.393 e. The Labute approximate surface area is 873 Å². The van der Waals surface area contributed by atoms with E-state index in [4.69, 9.17) is 10.1 Å². The molecule has 23 aliphatic rings. The second kappa shape index (κ2) is 36.2. The summed E-state index contributed by atoms with van der Waals surface area (Å²) in [5.74, 6) is 11.4. The van der Waals surface area contributed by atoms with Crippen molar-refractivity contribution in [2.45, 2.75) is 337 Å². The monoisotopic (exact) mass is 1970 g/mol. The number of nitrogens with zero attached hydrogens (tertiary/aromatic N) is 10. The summed E-state index contributed by atoms with van der Waals surface area (Å²) in [5, 5.41) is 65.2. The summed E-state index contributed by atoms with van der Waals surface area (Å²) in [6.07, 6.45) is 88.3. The molecule has 10 fully saturated rings. The highest BCUT2D eigenvalue weighted by molar-refractivity contribution is 5.86. The van der Waals surface area contributed by atoms with Gasteiger partial charge in [-0.25, -0.2) is 19.0 Å². The van der Waals surface area contributed by atoms with Crippen LogP contribution >= 0.6 is 0 Å². The molecule has 5 N–H and O–H groups in total. The van der Waals surface area contributed by atoms with Crippen LogP contribution in [0.1, 0.15) is 340 Å².